The Morgan fingerprint density at radius 1 is 1.27 bits per heavy atom. The Hall–Kier alpha value is -2.17. The van der Waals surface area contributed by atoms with Crippen LogP contribution in [-0.4, -0.2) is 31.4 Å². The fourth-order valence-corrected chi connectivity index (χ4v) is 3.02. The van der Waals surface area contributed by atoms with Crippen molar-refractivity contribution in [2.24, 2.45) is 5.92 Å². The summed E-state index contributed by atoms with van der Waals surface area (Å²) in [6.07, 6.45) is 0.608. The summed E-state index contributed by atoms with van der Waals surface area (Å²) >= 11 is 0. The van der Waals surface area contributed by atoms with Crippen molar-refractivity contribution in [3.8, 4) is 0 Å². The third-order valence-corrected chi connectivity index (χ3v) is 4.22. The smallest absolute Gasteiger partial charge is 0.316 e. The predicted octanol–water partition coefficient (Wildman–Crippen LogP) is 2.03. The Morgan fingerprint density at radius 2 is 1.95 bits per heavy atom. The molecule has 0 aliphatic heterocycles. The Morgan fingerprint density at radius 3 is 2.55 bits per heavy atom. The Labute approximate surface area is 129 Å². The molecule has 118 valence electrons. The van der Waals surface area contributed by atoms with Gasteiger partial charge in [-0.1, -0.05) is 30.3 Å². The second-order valence-corrected chi connectivity index (χ2v) is 5.41. The van der Waals surface area contributed by atoms with Crippen molar-refractivity contribution in [2.75, 3.05) is 13.7 Å². The summed E-state index contributed by atoms with van der Waals surface area (Å²) in [5.74, 6) is -2.07. The van der Waals surface area contributed by atoms with Crippen LogP contribution in [0.3, 0.4) is 0 Å². The molecule has 2 unspecified atom stereocenters. The van der Waals surface area contributed by atoms with E-state index in [0.717, 1.165) is 5.56 Å². The van der Waals surface area contributed by atoms with Crippen molar-refractivity contribution in [1.82, 2.24) is 0 Å². The van der Waals surface area contributed by atoms with Gasteiger partial charge >= 0.3 is 11.9 Å². The van der Waals surface area contributed by atoms with E-state index in [0.29, 0.717) is 6.42 Å². The van der Waals surface area contributed by atoms with Gasteiger partial charge in [-0.3, -0.25) is 14.4 Å². The second-order valence-electron chi connectivity index (χ2n) is 5.41. The molecule has 0 bridgehead atoms. The summed E-state index contributed by atoms with van der Waals surface area (Å²) in [6, 6.07) is 9.19. The number of ketones is 1. The second kappa shape index (κ2) is 6.73. The first kappa shape index (κ1) is 16.2. The van der Waals surface area contributed by atoms with Gasteiger partial charge in [0.05, 0.1) is 19.1 Å². The highest BCUT2D eigenvalue weighted by atomic mass is 16.5. The molecule has 1 aromatic carbocycles. The summed E-state index contributed by atoms with van der Waals surface area (Å²) < 4.78 is 9.95. The summed E-state index contributed by atoms with van der Waals surface area (Å²) in [7, 11) is 1.25. The standard InChI is InChI=1S/C17H20O5/c1-3-22-16(20)17(12-7-5-4-6-8-12)10-9-14(18)13(11-17)15(19)21-2/h4-8,13H,3,9-11H2,1-2H3. The minimum Gasteiger partial charge on any atom is -0.468 e. The van der Waals surface area contributed by atoms with Gasteiger partial charge in [-0.25, -0.2) is 0 Å². The van der Waals surface area contributed by atoms with Crippen LogP contribution in [-0.2, 0) is 29.3 Å². The SMILES string of the molecule is CCOC(=O)C1(c2ccccc2)CCC(=O)C(C(=O)OC)C1. The van der Waals surface area contributed by atoms with Crippen molar-refractivity contribution >= 4 is 17.7 Å². The summed E-state index contributed by atoms with van der Waals surface area (Å²) in [6.45, 7) is 1.99. The topological polar surface area (TPSA) is 69.7 Å². The molecule has 1 aliphatic rings. The van der Waals surface area contributed by atoms with E-state index in [1.165, 1.54) is 7.11 Å². The molecule has 1 fully saturated rings. The molecule has 5 nitrogen and oxygen atoms in total. The van der Waals surface area contributed by atoms with E-state index in [2.05, 4.69) is 0 Å². The highest BCUT2D eigenvalue weighted by Crippen LogP contribution is 2.42. The molecule has 0 spiro atoms. The molecule has 1 aromatic rings. The lowest BCUT2D eigenvalue weighted by molar-refractivity contribution is -0.158. The third-order valence-electron chi connectivity index (χ3n) is 4.22. The lowest BCUT2D eigenvalue weighted by Gasteiger charge is -2.37. The summed E-state index contributed by atoms with van der Waals surface area (Å²) in [5.41, 5.74) is -0.195. The van der Waals surface area contributed by atoms with E-state index < -0.39 is 17.3 Å². The van der Waals surface area contributed by atoms with Crippen molar-refractivity contribution < 1.29 is 23.9 Å². The number of methoxy groups -OCH3 is 1. The van der Waals surface area contributed by atoms with Crippen LogP contribution in [0, 0.1) is 5.92 Å². The molecule has 5 heteroatoms. The number of Topliss-reactive ketones (excluding diaryl/α,β-unsaturated/α-hetero) is 1. The minimum atomic E-state index is -0.968. The third kappa shape index (κ3) is 2.89. The number of esters is 2. The molecule has 1 aliphatic carbocycles. The first-order chi connectivity index (χ1) is 10.5. The van der Waals surface area contributed by atoms with Gasteiger partial charge in [-0.05, 0) is 25.3 Å². The van der Waals surface area contributed by atoms with E-state index in [-0.39, 0.29) is 31.2 Å². The quantitative estimate of drug-likeness (QED) is 0.629. The van der Waals surface area contributed by atoms with E-state index >= 15 is 0 Å². The first-order valence-electron chi connectivity index (χ1n) is 7.38. The van der Waals surface area contributed by atoms with Gasteiger partial charge in [0.1, 0.15) is 11.7 Å². The van der Waals surface area contributed by atoms with Crippen LogP contribution in [0.25, 0.3) is 0 Å². The van der Waals surface area contributed by atoms with Gasteiger partial charge in [0.15, 0.2) is 0 Å². The summed E-state index contributed by atoms with van der Waals surface area (Å²) in [5, 5.41) is 0. The fourth-order valence-electron chi connectivity index (χ4n) is 3.02. The van der Waals surface area contributed by atoms with Gasteiger partial charge in [0, 0.05) is 6.42 Å². The maximum Gasteiger partial charge on any atom is 0.316 e. The Bertz CT molecular complexity index is 558. The molecule has 0 radical (unpaired) electrons. The van der Waals surface area contributed by atoms with E-state index in [1.807, 2.05) is 30.3 Å². The van der Waals surface area contributed by atoms with Crippen LogP contribution in [0.2, 0.25) is 0 Å². The van der Waals surface area contributed by atoms with Crippen LogP contribution in [0.1, 0.15) is 31.7 Å². The van der Waals surface area contributed by atoms with Crippen molar-refractivity contribution in [3.05, 3.63) is 35.9 Å². The molecule has 0 heterocycles. The average Bonchev–Trinajstić information content (AvgIpc) is 2.56. The lowest BCUT2D eigenvalue weighted by atomic mass is 9.65. The molecule has 22 heavy (non-hydrogen) atoms. The molecule has 0 amide bonds. The normalized spacial score (nSPS) is 24.6. The van der Waals surface area contributed by atoms with E-state index in [4.69, 9.17) is 9.47 Å². The molecular formula is C17H20O5. The summed E-state index contributed by atoms with van der Waals surface area (Å²) in [4.78, 5) is 36.5. The van der Waals surface area contributed by atoms with Gasteiger partial charge in [-0.15, -0.1) is 0 Å². The molecule has 0 saturated heterocycles. The van der Waals surface area contributed by atoms with Crippen LogP contribution in [0.15, 0.2) is 30.3 Å². The van der Waals surface area contributed by atoms with Gasteiger partial charge in [0.2, 0.25) is 0 Å². The lowest BCUT2D eigenvalue weighted by Crippen LogP contribution is -2.47. The highest BCUT2D eigenvalue weighted by molar-refractivity contribution is 6.01. The molecule has 1 saturated carbocycles. The zero-order valence-electron chi connectivity index (χ0n) is 12.8. The zero-order chi connectivity index (χ0) is 16.2. The number of hydrogen-bond acceptors (Lipinski definition) is 5. The molecular weight excluding hydrogens is 284 g/mol. The Balaban J connectivity index is 2.43. The number of rotatable bonds is 4. The molecule has 2 rings (SSSR count). The first-order valence-corrected chi connectivity index (χ1v) is 7.38. The van der Waals surface area contributed by atoms with Crippen LogP contribution >= 0.6 is 0 Å². The highest BCUT2D eigenvalue weighted by Gasteiger charge is 2.50. The predicted molar refractivity (Wildman–Crippen MR) is 79.1 cm³/mol. The van der Waals surface area contributed by atoms with E-state index in [1.54, 1.807) is 6.92 Å². The molecule has 2 atom stereocenters. The minimum absolute atomic E-state index is 0.0986. The largest absolute Gasteiger partial charge is 0.468 e. The fraction of sp³-hybridized carbons (Fsp3) is 0.471. The van der Waals surface area contributed by atoms with Crippen molar-refractivity contribution in [2.45, 2.75) is 31.6 Å². The monoisotopic (exact) mass is 304 g/mol. The molecule has 0 N–H and O–H groups in total. The number of carbonyl (C=O) groups excluding carboxylic acids is 3. The van der Waals surface area contributed by atoms with Crippen LogP contribution in [0.5, 0.6) is 0 Å². The average molecular weight is 304 g/mol. The van der Waals surface area contributed by atoms with E-state index in [9.17, 15) is 14.4 Å². The number of carbonyl (C=O) groups is 3. The molecule has 0 aromatic heterocycles. The van der Waals surface area contributed by atoms with Gasteiger partial charge in [-0.2, -0.15) is 0 Å². The maximum absolute atomic E-state index is 12.6. The number of benzene rings is 1. The van der Waals surface area contributed by atoms with Crippen molar-refractivity contribution in [1.29, 1.82) is 0 Å². The van der Waals surface area contributed by atoms with Crippen molar-refractivity contribution in [3.63, 3.8) is 0 Å². The zero-order valence-corrected chi connectivity index (χ0v) is 12.8. The van der Waals surface area contributed by atoms with Crippen LogP contribution in [0.4, 0.5) is 0 Å². The van der Waals surface area contributed by atoms with Crippen LogP contribution < -0.4 is 0 Å². The number of hydrogen-bond donors (Lipinski definition) is 0. The maximum atomic E-state index is 12.6. The van der Waals surface area contributed by atoms with Gasteiger partial charge in [0.25, 0.3) is 0 Å². The Kier molecular flexibility index (Phi) is 4.96. The number of ether oxygens (including phenoxy) is 2. The van der Waals surface area contributed by atoms with Gasteiger partial charge < -0.3 is 9.47 Å².